The SMILES string of the molecule is CC(C)OC(=O)CCCCCCCCl. The van der Waals surface area contributed by atoms with Crippen LogP contribution in [0.5, 0.6) is 0 Å². The number of hydrogen-bond donors (Lipinski definition) is 0. The molecule has 0 spiro atoms. The minimum Gasteiger partial charge on any atom is -0.463 e. The fraction of sp³-hybridized carbons (Fsp3) is 0.909. The summed E-state index contributed by atoms with van der Waals surface area (Å²) in [6, 6.07) is 0. The fourth-order valence-corrected chi connectivity index (χ4v) is 1.40. The molecule has 14 heavy (non-hydrogen) atoms. The third kappa shape index (κ3) is 9.85. The van der Waals surface area contributed by atoms with Crippen LogP contribution >= 0.6 is 11.6 Å². The number of unbranched alkanes of at least 4 members (excludes halogenated alkanes) is 4. The predicted molar refractivity (Wildman–Crippen MR) is 59.7 cm³/mol. The van der Waals surface area contributed by atoms with Gasteiger partial charge in [0.2, 0.25) is 0 Å². The number of carbonyl (C=O) groups is 1. The number of halogens is 1. The molecule has 0 amide bonds. The zero-order valence-corrected chi connectivity index (χ0v) is 9.98. The van der Waals surface area contributed by atoms with E-state index in [9.17, 15) is 4.79 Å². The molecule has 0 rings (SSSR count). The molecule has 0 aromatic heterocycles. The van der Waals surface area contributed by atoms with Crippen LogP contribution in [-0.4, -0.2) is 18.0 Å². The van der Waals surface area contributed by atoms with E-state index in [4.69, 9.17) is 16.3 Å². The summed E-state index contributed by atoms with van der Waals surface area (Å²) >= 11 is 5.55. The standard InChI is InChI=1S/C11H21ClO2/c1-10(2)14-11(13)8-6-4-3-5-7-9-12/h10H,3-9H2,1-2H3. The van der Waals surface area contributed by atoms with Gasteiger partial charge in [-0.05, 0) is 26.7 Å². The first-order valence-electron chi connectivity index (χ1n) is 5.42. The first kappa shape index (κ1) is 13.8. The van der Waals surface area contributed by atoms with E-state index < -0.39 is 0 Å². The molecular weight excluding hydrogens is 200 g/mol. The molecule has 0 bridgehead atoms. The molecule has 84 valence electrons. The Morgan fingerprint density at radius 3 is 2.29 bits per heavy atom. The van der Waals surface area contributed by atoms with Gasteiger partial charge in [0.05, 0.1) is 6.10 Å². The van der Waals surface area contributed by atoms with Gasteiger partial charge in [0.25, 0.3) is 0 Å². The summed E-state index contributed by atoms with van der Waals surface area (Å²) in [6.07, 6.45) is 6.03. The Morgan fingerprint density at radius 1 is 1.14 bits per heavy atom. The number of ether oxygens (including phenoxy) is 1. The molecule has 0 N–H and O–H groups in total. The molecule has 0 atom stereocenters. The second kappa shape index (κ2) is 9.32. The minimum absolute atomic E-state index is 0.0127. The quantitative estimate of drug-likeness (QED) is 0.356. The molecular formula is C11H21ClO2. The zero-order valence-electron chi connectivity index (χ0n) is 9.22. The summed E-state index contributed by atoms with van der Waals surface area (Å²) < 4.78 is 5.02. The molecule has 0 aliphatic heterocycles. The highest BCUT2D eigenvalue weighted by Gasteiger charge is 2.04. The number of hydrogen-bond acceptors (Lipinski definition) is 2. The Morgan fingerprint density at radius 2 is 1.71 bits per heavy atom. The van der Waals surface area contributed by atoms with Crippen LogP contribution < -0.4 is 0 Å². The molecule has 0 aromatic carbocycles. The van der Waals surface area contributed by atoms with Crippen molar-refractivity contribution in [3.05, 3.63) is 0 Å². The molecule has 0 aliphatic rings. The Labute approximate surface area is 92.0 Å². The van der Waals surface area contributed by atoms with Crippen LogP contribution in [0.25, 0.3) is 0 Å². The monoisotopic (exact) mass is 220 g/mol. The highest BCUT2D eigenvalue weighted by atomic mass is 35.5. The van der Waals surface area contributed by atoms with Crippen LogP contribution in [0.4, 0.5) is 0 Å². The third-order valence-corrected chi connectivity index (χ3v) is 2.15. The Balaban J connectivity index is 3.15. The van der Waals surface area contributed by atoms with Crippen LogP contribution in [-0.2, 0) is 9.53 Å². The van der Waals surface area contributed by atoms with Crippen molar-refractivity contribution in [2.24, 2.45) is 0 Å². The van der Waals surface area contributed by atoms with Gasteiger partial charge in [0, 0.05) is 12.3 Å². The van der Waals surface area contributed by atoms with Gasteiger partial charge >= 0.3 is 5.97 Å². The lowest BCUT2D eigenvalue weighted by molar-refractivity contribution is -0.147. The first-order chi connectivity index (χ1) is 6.66. The van der Waals surface area contributed by atoms with Gasteiger partial charge in [-0.15, -0.1) is 11.6 Å². The molecule has 0 heterocycles. The molecule has 2 nitrogen and oxygen atoms in total. The molecule has 0 saturated heterocycles. The summed E-state index contributed by atoms with van der Waals surface area (Å²) in [5.41, 5.74) is 0. The molecule has 0 radical (unpaired) electrons. The highest BCUT2D eigenvalue weighted by Crippen LogP contribution is 2.07. The van der Waals surface area contributed by atoms with Crippen molar-refractivity contribution in [1.82, 2.24) is 0 Å². The summed E-state index contributed by atoms with van der Waals surface area (Å²) in [5.74, 6) is 0.674. The van der Waals surface area contributed by atoms with Crippen molar-refractivity contribution >= 4 is 17.6 Å². The average Bonchev–Trinajstić information content (AvgIpc) is 2.10. The summed E-state index contributed by atoms with van der Waals surface area (Å²) in [7, 11) is 0. The van der Waals surface area contributed by atoms with Crippen molar-refractivity contribution in [1.29, 1.82) is 0 Å². The van der Waals surface area contributed by atoms with Gasteiger partial charge in [-0.1, -0.05) is 19.3 Å². The van der Waals surface area contributed by atoms with Crippen molar-refractivity contribution in [2.75, 3.05) is 5.88 Å². The number of esters is 1. The van der Waals surface area contributed by atoms with Gasteiger partial charge < -0.3 is 4.74 Å². The predicted octanol–water partition coefficient (Wildman–Crippen LogP) is 3.52. The second-order valence-electron chi connectivity index (χ2n) is 3.75. The summed E-state index contributed by atoms with van der Waals surface area (Å²) in [5, 5.41) is 0. The van der Waals surface area contributed by atoms with Gasteiger partial charge in [-0.25, -0.2) is 0 Å². The van der Waals surface area contributed by atoms with Crippen molar-refractivity contribution < 1.29 is 9.53 Å². The van der Waals surface area contributed by atoms with Gasteiger partial charge in [0.1, 0.15) is 0 Å². The van der Waals surface area contributed by atoms with E-state index in [-0.39, 0.29) is 12.1 Å². The molecule has 0 saturated carbocycles. The highest BCUT2D eigenvalue weighted by molar-refractivity contribution is 6.17. The van der Waals surface area contributed by atoms with E-state index in [2.05, 4.69) is 0 Å². The lowest BCUT2D eigenvalue weighted by Gasteiger charge is -2.07. The number of carbonyl (C=O) groups excluding carboxylic acids is 1. The lowest BCUT2D eigenvalue weighted by Crippen LogP contribution is -2.10. The topological polar surface area (TPSA) is 26.3 Å². The maximum Gasteiger partial charge on any atom is 0.306 e. The molecule has 3 heteroatoms. The Bertz CT molecular complexity index is 146. The van der Waals surface area contributed by atoms with E-state index in [0.29, 0.717) is 6.42 Å². The molecule has 0 aromatic rings. The lowest BCUT2D eigenvalue weighted by atomic mass is 10.1. The van der Waals surface area contributed by atoms with Crippen molar-refractivity contribution in [3.8, 4) is 0 Å². The number of alkyl halides is 1. The van der Waals surface area contributed by atoms with Crippen molar-refractivity contribution in [3.63, 3.8) is 0 Å². The third-order valence-electron chi connectivity index (χ3n) is 1.88. The smallest absolute Gasteiger partial charge is 0.306 e. The van der Waals surface area contributed by atoms with Gasteiger partial charge in [-0.2, -0.15) is 0 Å². The normalized spacial score (nSPS) is 10.6. The van der Waals surface area contributed by atoms with Crippen LogP contribution in [0.2, 0.25) is 0 Å². The largest absolute Gasteiger partial charge is 0.463 e. The van der Waals surface area contributed by atoms with E-state index in [0.717, 1.165) is 25.1 Å². The fourth-order valence-electron chi connectivity index (χ4n) is 1.22. The van der Waals surface area contributed by atoms with E-state index in [1.165, 1.54) is 12.8 Å². The first-order valence-corrected chi connectivity index (χ1v) is 5.95. The van der Waals surface area contributed by atoms with Crippen molar-refractivity contribution in [2.45, 2.75) is 58.5 Å². The maximum atomic E-state index is 11.1. The average molecular weight is 221 g/mol. The van der Waals surface area contributed by atoms with Gasteiger partial charge in [0.15, 0.2) is 0 Å². The molecule has 0 aliphatic carbocycles. The summed E-state index contributed by atoms with van der Waals surface area (Å²) in [6.45, 7) is 3.75. The molecule has 0 fully saturated rings. The maximum absolute atomic E-state index is 11.1. The van der Waals surface area contributed by atoms with Gasteiger partial charge in [-0.3, -0.25) is 4.79 Å². The minimum atomic E-state index is -0.0719. The molecule has 0 unspecified atom stereocenters. The number of rotatable bonds is 8. The Hall–Kier alpha value is -0.240. The Kier molecular flexibility index (Phi) is 9.16. The zero-order chi connectivity index (χ0) is 10.8. The summed E-state index contributed by atoms with van der Waals surface area (Å²) in [4.78, 5) is 11.1. The van der Waals surface area contributed by atoms with E-state index in [1.54, 1.807) is 0 Å². The second-order valence-corrected chi connectivity index (χ2v) is 4.12. The van der Waals surface area contributed by atoms with Crippen LogP contribution in [0, 0.1) is 0 Å². The van der Waals surface area contributed by atoms with Crippen LogP contribution in [0.3, 0.4) is 0 Å². The van der Waals surface area contributed by atoms with E-state index in [1.807, 2.05) is 13.8 Å². The van der Waals surface area contributed by atoms with Crippen LogP contribution in [0.1, 0.15) is 52.4 Å². The van der Waals surface area contributed by atoms with Crippen LogP contribution in [0.15, 0.2) is 0 Å². The van der Waals surface area contributed by atoms with E-state index >= 15 is 0 Å².